The van der Waals surface area contributed by atoms with E-state index in [9.17, 15) is 0 Å². The minimum Gasteiger partial charge on any atom is -0.494 e. The molecule has 0 aliphatic carbocycles. The maximum Gasteiger partial charge on any atom is 0.119 e. The van der Waals surface area contributed by atoms with Crippen molar-refractivity contribution < 1.29 is 4.74 Å². The van der Waals surface area contributed by atoms with E-state index < -0.39 is 0 Å². The fraction of sp³-hybridized carbons (Fsp3) is 0.364. The van der Waals surface area contributed by atoms with Gasteiger partial charge in [0.15, 0.2) is 0 Å². The van der Waals surface area contributed by atoms with E-state index in [0.717, 1.165) is 29.2 Å². The molecule has 1 N–H and O–H groups in total. The predicted molar refractivity (Wildman–Crippen MR) is 118 cm³/mol. The van der Waals surface area contributed by atoms with Crippen molar-refractivity contribution >= 4 is 30.0 Å². The molecular formula is C22H29NOS2. The van der Waals surface area contributed by atoms with Crippen molar-refractivity contribution in [2.75, 3.05) is 6.61 Å². The van der Waals surface area contributed by atoms with Gasteiger partial charge in [-0.15, -0.1) is 24.0 Å². The Labute approximate surface area is 167 Å². The number of hydrogen-bond acceptors (Lipinski definition) is 4. The monoisotopic (exact) mass is 387 g/mol. The molecule has 1 aromatic carbocycles. The molecule has 0 saturated carbocycles. The van der Waals surface area contributed by atoms with Crippen LogP contribution in [0.1, 0.15) is 44.6 Å². The normalized spacial score (nSPS) is 13.3. The Kier molecular flexibility index (Phi) is 8.49. The summed E-state index contributed by atoms with van der Waals surface area (Å²) in [5, 5.41) is 3.54. The molecule has 1 aromatic heterocycles. The van der Waals surface area contributed by atoms with Crippen LogP contribution in [-0.2, 0) is 11.3 Å². The fourth-order valence-electron chi connectivity index (χ4n) is 2.48. The number of allylic oxidation sites excluding steroid dienone is 2. The van der Waals surface area contributed by atoms with Gasteiger partial charge in [-0.1, -0.05) is 37.3 Å². The predicted octanol–water partition coefficient (Wildman–Crippen LogP) is 6.55. The summed E-state index contributed by atoms with van der Waals surface area (Å²) in [6.45, 7) is 9.95. The van der Waals surface area contributed by atoms with Crippen LogP contribution in [0, 0.1) is 0 Å². The first kappa shape index (κ1) is 20.8. The summed E-state index contributed by atoms with van der Waals surface area (Å²) in [6.07, 6.45) is 7.17. The molecule has 0 radical (unpaired) electrons. The van der Waals surface area contributed by atoms with Crippen LogP contribution in [0.5, 0.6) is 0 Å². The first-order chi connectivity index (χ1) is 12.6. The standard InChI is InChI=1S/C22H29NOS2/c1-5-8-19(24-7-3)13-17-9-11-18(12-10-17)21-14-20(25)22(26-21)15-23-16(4)6-2/h5,8-14,16,23,25H,6-7,15H2,1-4H3/b8-5-,19-13+. The van der Waals surface area contributed by atoms with Crippen LogP contribution < -0.4 is 5.32 Å². The zero-order valence-electron chi connectivity index (χ0n) is 16.1. The second kappa shape index (κ2) is 10.6. The molecule has 0 spiro atoms. The Balaban J connectivity index is 2.14. The van der Waals surface area contributed by atoms with Crippen molar-refractivity contribution in [2.24, 2.45) is 0 Å². The summed E-state index contributed by atoms with van der Waals surface area (Å²) in [4.78, 5) is 3.61. The Bertz CT molecular complexity index is 744. The molecular weight excluding hydrogens is 358 g/mol. The highest BCUT2D eigenvalue weighted by atomic mass is 32.1. The van der Waals surface area contributed by atoms with E-state index in [4.69, 9.17) is 4.74 Å². The van der Waals surface area contributed by atoms with Crippen LogP contribution in [0.3, 0.4) is 0 Å². The van der Waals surface area contributed by atoms with E-state index in [-0.39, 0.29) is 0 Å². The number of thiophene rings is 1. The van der Waals surface area contributed by atoms with Crippen molar-refractivity contribution in [3.05, 3.63) is 58.7 Å². The number of hydrogen-bond donors (Lipinski definition) is 2. The molecule has 140 valence electrons. The van der Waals surface area contributed by atoms with Gasteiger partial charge in [-0.05, 0) is 56.5 Å². The number of thiol groups is 1. The summed E-state index contributed by atoms with van der Waals surface area (Å²) >= 11 is 6.46. The van der Waals surface area contributed by atoms with Gasteiger partial charge in [0.1, 0.15) is 5.76 Å². The zero-order chi connectivity index (χ0) is 18.9. The van der Waals surface area contributed by atoms with Gasteiger partial charge in [-0.25, -0.2) is 0 Å². The molecule has 0 fully saturated rings. The van der Waals surface area contributed by atoms with Gasteiger partial charge in [0.05, 0.1) is 6.61 Å². The lowest BCUT2D eigenvalue weighted by molar-refractivity contribution is 0.245. The second-order valence-corrected chi connectivity index (χ2v) is 7.83. The second-order valence-electron chi connectivity index (χ2n) is 6.21. The SMILES string of the molecule is C/C=C\C(=C/c1ccc(-c2cc(S)c(CNC(C)CC)s2)cc1)OCC. The Hall–Kier alpha value is -1.49. The summed E-state index contributed by atoms with van der Waals surface area (Å²) in [7, 11) is 0. The molecule has 1 heterocycles. The Morgan fingerprint density at radius 3 is 2.62 bits per heavy atom. The van der Waals surface area contributed by atoms with Crippen molar-refractivity contribution in [1.82, 2.24) is 5.32 Å². The molecule has 2 rings (SSSR count). The molecule has 2 aromatic rings. The quantitative estimate of drug-likeness (QED) is 0.289. The largest absolute Gasteiger partial charge is 0.494 e. The van der Waals surface area contributed by atoms with E-state index in [2.05, 4.69) is 68.2 Å². The van der Waals surface area contributed by atoms with E-state index in [1.54, 1.807) is 0 Å². The van der Waals surface area contributed by atoms with E-state index in [1.165, 1.54) is 15.3 Å². The lowest BCUT2D eigenvalue weighted by Gasteiger charge is -2.10. The van der Waals surface area contributed by atoms with Crippen molar-refractivity contribution in [2.45, 2.75) is 51.6 Å². The molecule has 1 atom stereocenters. The van der Waals surface area contributed by atoms with Crippen LogP contribution in [0.4, 0.5) is 0 Å². The molecule has 0 bridgehead atoms. The third kappa shape index (κ3) is 6.04. The topological polar surface area (TPSA) is 21.3 Å². The van der Waals surface area contributed by atoms with Gasteiger partial charge >= 0.3 is 0 Å². The summed E-state index contributed by atoms with van der Waals surface area (Å²) in [5.74, 6) is 0.884. The molecule has 4 heteroatoms. The zero-order valence-corrected chi connectivity index (χ0v) is 17.8. The first-order valence-electron chi connectivity index (χ1n) is 9.20. The molecule has 1 unspecified atom stereocenters. The number of benzene rings is 1. The summed E-state index contributed by atoms with van der Waals surface area (Å²) < 4.78 is 5.63. The van der Waals surface area contributed by atoms with Crippen LogP contribution in [0.2, 0.25) is 0 Å². The summed E-state index contributed by atoms with van der Waals surface area (Å²) in [6, 6.07) is 11.3. The maximum absolute atomic E-state index is 5.63. The fourth-order valence-corrected chi connectivity index (χ4v) is 3.92. The lowest BCUT2D eigenvalue weighted by Crippen LogP contribution is -2.24. The van der Waals surface area contributed by atoms with Gasteiger partial charge in [0.2, 0.25) is 0 Å². The van der Waals surface area contributed by atoms with E-state index >= 15 is 0 Å². The van der Waals surface area contributed by atoms with E-state index in [0.29, 0.717) is 12.6 Å². The highest BCUT2D eigenvalue weighted by Crippen LogP contribution is 2.34. The minimum absolute atomic E-state index is 0.524. The van der Waals surface area contributed by atoms with Crippen molar-refractivity contribution in [3.63, 3.8) is 0 Å². The number of ether oxygens (including phenoxy) is 1. The third-order valence-corrected chi connectivity index (χ3v) is 5.89. The Morgan fingerprint density at radius 1 is 1.27 bits per heavy atom. The average Bonchev–Trinajstić information content (AvgIpc) is 3.01. The van der Waals surface area contributed by atoms with Gasteiger partial charge < -0.3 is 10.1 Å². The van der Waals surface area contributed by atoms with Crippen LogP contribution in [0.15, 0.2) is 53.1 Å². The maximum atomic E-state index is 5.63. The molecule has 0 amide bonds. The van der Waals surface area contributed by atoms with Gasteiger partial charge in [0, 0.05) is 27.2 Å². The Morgan fingerprint density at radius 2 is 2.00 bits per heavy atom. The summed E-state index contributed by atoms with van der Waals surface area (Å²) in [5.41, 5.74) is 2.36. The number of rotatable bonds is 9. The van der Waals surface area contributed by atoms with Gasteiger partial charge in [-0.2, -0.15) is 0 Å². The molecule has 26 heavy (non-hydrogen) atoms. The smallest absolute Gasteiger partial charge is 0.119 e. The average molecular weight is 388 g/mol. The number of nitrogens with one attached hydrogen (secondary N) is 1. The molecule has 2 nitrogen and oxygen atoms in total. The van der Waals surface area contributed by atoms with Crippen molar-refractivity contribution in [3.8, 4) is 10.4 Å². The highest BCUT2D eigenvalue weighted by molar-refractivity contribution is 7.80. The minimum atomic E-state index is 0.524. The van der Waals surface area contributed by atoms with Gasteiger partial charge in [-0.3, -0.25) is 0 Å². The van der Waals surface area contributed by atoms with E-state index in [1.807, 2.05) is 37.3 Å². The van der Waals surface area contributed by atoms with Crippen LogP contribution in [-0.4, -0.2) is 12.6 Å². The third-order valence-electron chi connectivity index (χ3n) is 4.16. The van der Waals surface area contributed by atoms with Crippen LogP contribution in [0.25, 0.3) is 16.5 Å². The first-order valence-corrected chi connectivity index (χ1v) is 10.5. The molecule has 0 aliphatic heterocycles. The van der Waals surface area contributed by atoms with Crippen molar-refractivity contribution in [1.29, 1.82) is 0 Å². The lowest BCUT2D eigenvalue weighted by atomic mass is 10.1. The molecule has 0 saturated heterocycles. The van der Waals surface area contributed by atoms with Gasteiger partial charge in [0.25, 0.3) is 0 Å². The van der Waals surface area contributed by atoms with Crippen LogP contribution >= 0.6 is 24.0 Å². The molecule has 0 aliphatic rings. The highest BCUT2D eigenvalue weighted by Gasteiger charge is 2.09.